The maximum Gasteiger partial charge on any atom is 0.142 e. The highest BCUT2D eigenvalue weighted by Gasteiger charge is 2.21. The van der Waals surface area contributed by atoms with E-state index in [9.17, 15) is 0 Å². The van der Waals surface area contributed by atoms with E-state index in [1.807, 2.05) is 12.1 Å². The first-order valence-corrected chi connectivity index (χ1v) is 10.1. The molecule has 0 N–H and O–H groups in total. The molecule has 3 aliphatic rings. The average molecular weight is 458 g/mol. The highest BCUT2D eigenvalue weighted by atomic mass is 127. The predicted octanol–water partition coefficient (Wildman–Crippen LogP) is 4.73. The highest BCUT2D eigenvalue weighted by Crippen LogP contribution is 2.34. The number of nitrogens with zero attached hydrogens (tertiary/aromatic N) is 2. The number of hydrogen-bond acceptors (Lipinski definition) is 3. The second-order valence-electron chi connectivity index (χ2n) is 6.69. The monoisotopic (exact) mass is 458 g/mol. The minimum absolute atomic E-state index is 0.963. The molecule has 0 spiro atoms. The molecule has 134 valence electrons. The van der Waals surface area contributed by atoms with Crippen LogP contribution in [0, 0.1) is 3.57 Å². The summed E-state index contributed by atoms with van der Waals surface area (Å²) in [5.41, 5.74) is 5.38. The number of fused-ring (bicyclic) bond motifs is 1. The summed E-state index contributed by atoms with van der Waals surface area (Å²) in [7, 11) is 1.75. The molecule has 1 aromatic rings. The van der Waals surface area contributed by atoms with Gasteiger partial charge in [-0.15, -0.1) is 0 Å². The van der Waals surface area contributed by atoms with Gasteiger partial charge in [0.25, 0.3) is 0 Å². The lowest BCUT2D eigenvalue weighted by molar-refractivity contribution is 0.249. The van der Waals surface area contributed by atoms with Crippen molar-refractivity contribution in [3.63, 3.8) is 0 Å². The summed E-state index contributed by atoms with van der Waals surface area (Å²) in [6.45, 7) is 5.22. The van der Waals surface area contributed by atoms with Gasteiger partial charge in [-0.3, -0.25) is 4.90 Å². The topological polar surface area (TPSA) is 15.7 Å². The number of hydrogen-bond donors (Lipinski definition) is 0. The third-order valence-corrected chi connectivity index (χ3v) is 6.03. The first-order valence-electron chi connectivity index (χ1n) is 9.03. The summed E-state index contributed by atoms with van der Waals surface area (Å²) in [4.78, 5) is 4.99. The second-order valence-corrected chi connectivity index (χ2v) is 7.85. The Balaban J connectivity index is 1.45. The molecule has 0 aromatic heterocycles. The van der Waals surface area contributed by atoms with Gasteiger partial charge in [0.05, 0.1) is 12.8 Å². The van der Waals surface area contributed by atoms with E-state index in [2.05, 4.69) is 80.9 Å². The van der Waals surface area contributed by atoms with Gasteiger partial charge in [-0.1, -0.05) is 42.5 Å². The standard InChI is InChI=1S/C22H23IN2O/c1-26-22-10-6-5-9-21(22)25-13-11-24(12-14-25)16-17-15-20(23)19-8-4-2-3-7-18(17)19/h2-10,15H,11-14,16H2,1H3. The largest absolute Gasteiger partial charge is 0.495 e. The maximum absolute atomic E-state index is 5.52. The van der Waals surface area contributed by atoms with Gasteiger partial charge in [-0.25, -0.2) is 0 Å². The molecule has 0 atom stereocenters. The van der Waals surface area contributed by atoms with Crippen LogP contribution >= 0.6 is 22.6 Å². The smallest absolute Gasteiger partial charge is 0.142 e. The summed E-state index contributed by atoms with van der Waals surface area (Å²) in [5, 5.41) is 0. The first-order chi connectivity index (χ1) is 12.8. The molecule has 26 heavy (non-hydrogen) atoms. The number of halogens is 1. The summed E-state index contributed by atoms with van der Waals surface area (Å²) < 4.78 is 6.87. The summed E-state index contributed by atoms with van der Waals surface area (Å²) in [6, 6.07) is 21.5. The zero-order valence-electron chi connectivity index (χ0n) is 15.0. The Bertz CT molecular complexity index is 858. The van der Waals surface area contributed by atoms with Gasteiger partial charge in [-0.05, 0) is 57.5 Å². The molecule has 0 bridgehead atoms. The lowest BCUT2D eigenvalue weighted by atomic mass is 10.1. The second kappa shape index (κ2) is 7.84. The molecule has 0 radical (unpaired) electrons. The van der Waals surface area contributed by atoms with E-state index >= 15 is 0 Å². The predicted molar refractivity (Wildman–Crippen MR) is 116 cm³/mol. The number of para-hydroxylation sites is 2. The Morgan fingerprint density at radius 1 is 0.885 bits per heavy atom. The minimum atomic E-state index is 0.963. The van der Waals surface area contributed by atoms with E-state index in [0.29, 0.717) is 0 Å². The van der Waals surface area contributed by atoms with Gasteiger partial charge in [0.2, 0.25) is 0 Å². The van der Waals surface area contributed by atoms with Crippen LogP contribution in [0.5, 0.6) is 5.75 Å². The molecular weight excluding hydrogens is 435 g/mol. The van der Waals surface area contributed by atoms with Crippen LogP contribution in [0.25, 0.3) is 11.1 Å². The molecule has 1 saturated heterocycles. The van der Waals surface area contributed by atoms with Crippen molar-refractivity contribution >= 4 is 28.3 Å². The highest BCUT2D eigenvalue weighted by molar-refractivity contribution is 14.1. The fourth-order valence-electron chi connectivity index (χ4n) is 3.75. The lowest BCUT2D eigenvalue weighted by Gasteiger charge is -2.36. The van der Waals surface area contributed by atoms with E-state index < -0.39 is 0 Å². The number of piperazine rings is 1. The number of methoxy groups -OCH3 is 1. The third kappa shape index (κ3) is 3.53. The van der Waals surface area contributed by atoms with Gasteiger partial charge in [0.1, 0.15) is 5.75 Å². The molecule has 1 heterocycles. The Morgan fingerprint density at radius 2 is 1.58 bits per heavy atom. The normalized spacial score (nSPS) is 15.4. The van der Waals surface area contributed by atoms with Crippen LogP contribution in [0.4, 0.5) is 5.69 Å². The van der Waals surface area contributed by atoms with Crippen molar-refractivity contribution in [3.05, 3.63) is 69.8 Å². The average Bonchev–Trinajstić information content (AvgIpc) is 2.85. The SMILES string of the molecule is COc1ccccc1N1CCN(Cc2cc(I)c3cccccc2-3)CC1. The van der Waals surface area contributed by atoms with E-state index in [1.54, 1.807) is 7.11 Å². The Labute approximate surface area is 169 Å². The van der Waals surface area contributed by atoms with Crippen molar-refractivity contribution in [1.82, 2.24) is 4.90 Å². The summed E-state index contributed by atoms with van der Waals surface area (Å²) in [5.74, 6) is 0.963. The van der Waals surface area contributed by atoms with Crippen LogP contribution in [0.15, 0.2) is 60.7 Å². The quantitative estimate of drug-likeness (QED) is 0.526. The summed E-state index contributed by atoms with van der Waals surface area (Å²) in [6.07, 6.45) is 0. The number of rotatable bonds is 4. The van der Waals surface area contributed by atoms with Crippen LogP contribution in [0.2, 0.25) is 0 Å². The number of anilines is 1. The van der Waals surface area contributed by atoms with Crippen molar-refractivity contribution in [3.8, 4) is 16.9 Å². The molecule has 1 aromatic carbocycles. The molecule has 0 saturated carbocycles. The van der Waals surface area contributed by atoms with E-state index in [4.69, 9.17) is 4.74 Å². The number of benzene rings is 1. The van der Waals surface area contributed by atoms with Crippen LogP contribution in [-0.4, -0.2) is 38.2 Å². The summed E-state index contributed by atoms with van der Waals surface area (Å²) >= 11 is 2.45. The van der Waals surface area contributed by atoms with E-state index in [-0.39, 0.29) is 0 Å². The Kier molecular flexibility index (Phi) is 5.31. The fraction of sp³-hybridized carbons (Fsp3) is 0.273. The molecule has 4 heteroatoms. The van der Waals surface area contributed by atoms with Gasteiger partial charge < -0.3 is 9.64 Å². The van der Waals surface area contributed by atoms with Crippen LogP contribution in [0.1, 0.15) is 5.56 Å². The Morgan fingerprint density at radius 3 is 2.35 bits per heavy atom. The van der Waals surface area contributed by atoms with Crippen LogP contribution in [0.3, 0.4) is 0 Å². The fourth-order valence-corrected chi connectivity index (χ4v) is 4.60. The molecule has 2 aliphatic carbocycles. The van der Waals surface area contributed by atoms with Crippen molar-refractivity contribution in [2.24, 2.45) is 0 Å². The van der Waals surface area contributed by atoms with Gasteiger partial charge in [-0.2, -0.15) is 0 Å². The lowest BCUT2D eigenvalue weighted by Crippen LogP contribution is -2.46. The van der Waals surface area contributed by atoms with Crippen LogP contribution < -0.4 is 9.64 Å². The zero-order chi connectivity index (χ0) is 17.9. The van der Waals surface area contributed by atoms with Crippen molar-refractivity contribution in [2.45, 2.75) is 6.54 Å². The molecule has 1 aliphatic heterocycles. The number of ether oxygens (including phenoxy) is 1. The zero-order valence-corrected chi connectivity index (χ0v) is 17.1. The van der Waals surface area contributed by atoms with Gasteiger partial charge in [0, 0.05) is 36.3 Å². The van der Waals surface area contributed by atoms with E-state index in [0.717, 1.165) is 38.5 Å². The van der Waals surface area contributed by atoms with Gasteiger partial charge in [0.15, 0.2) is 0 Å². The van der Waals surface area contributed by atoms with Crippen LogP contribution in [-0.2, 0) is 6.54 Å². The Hall–Kier alpha value is -1.79. The molecule has 4 rings (SSSR count). The van der Waals surface area contributed by atoms with Gasteiger partial charge >= 0.3 is 0 Å². The molecule has 0 unspecified atom stereocenters. The molecular formula is C22H23IN2O. The molecule has 1 fully saturated rings. The van der Waals surface area contributed by atoms with Crippen molar-refractivity contribution in [1.29, 1.82) is 0 Å². The van der Waals surface area contributed by atoms with Crippen molar-refractivity contribution < 1.29 is 4.74 Å². The molecule has 0 amide bonds. The first kappa shape index (κ1) is 17.6. The third-order valence-electron chi connectivity index (χ3n) is 5.13. The van der Waals surface area contributed by atoms with Crippen molar-refractivity contribution in [2.75, 3.05) is 38.2 Å². The van der Waals surface area contributed by atoms with E-state index in [1.165, 1.54) is 25.9 Å². The minimum Gasteiger partial charge on any atom is -0.495 e. The molecule has 3 nitrogen and oxygen atoms in total. The maximum atomic E-state index is 5.52.